The number of aromatic nitrogens is 3. The minimum absolute atomic E-state index is 0.0435. The Morgan fingerprint density at radius 3 is 2.55 bits per heavy atom. The van der Waals surface area contributed by atoms with E-state index in [9.17, 15) is 0 Å². The molecule has 0 amide bonds. The predicted octanol–water partition coefficient (Wildman–Crippen LogP) is 2.13. The van der Waals surface area contributed by atoms with E-state index in [2.05, 4.69) is 20.5 Å². The summed E-state index contributed by atoms with van der Waals surface area (Å²) in [4.78, 5) is 4.40. The summed E-state index contributed by atoms with van der Waals surface area (Å²) < 4.78 is 0. The van der Waals surface area contributed by atoms with Gasteiger partial charge in [-0.05, 0) is 23.3 Å². The molecule has 3 aromatic rings. The molecule has 0 saturated heterocycles. The van der Waals surface area contributed by atoms with Gasteiger partial charge in [-0.2, -0.15) is 0 Å². The van der Waals surface area contributed by atoms with Crippen molar-refractivity contribution in [1.82, 2.24) is 15.2 Å². The van der Waals surface area contributed by atoms with Gasteiger partial charge in [0.05, 0.1) is 12.1 Å². The first kappa shape index (κ1) is 12.5. The number of fused-ring (bicyclic) bond motifs is 1. The van der Waals surface area contributed by atoms with E-state index in [0.717, 1.165) is 22.2 Å². The van der Waals surface area contributed by atoms with Gasteiger partial charge in [0.1, 0.15) is 5.52 Å². The normalized spacial score (nSPS) is 10.7. The number of nitrogens with zero attached hydrogens (tertiary/aromatic N) is 3. The molecule has 0 aliphatic carbocycles. The molecule has 0 unspecified atom stereocenters. The summed E-state index contributed by atoms with van der Waals surface area (Å²) in [5.74, 6) is 0.498. The number of hydrogen-bond donors (Lipinski definition) is 2. The summed E-state index contributed by atoms with van der Waals surface area (Å²) in [6.45, 7) is 0.635. The summed E-state index contributed by atoms with van der Waals surface area (Å²) in [6, 6.07) is 15.4. The van der Waals surface area contributed by atoms with E-state index >= 15 is 0 Å². The topological polar surface area (TPSA) is 70.9 Å². The third-order valence-corrected chi connectivity index (χ3v) is 2.99. The second kappa shape index (κ2) is 5.63. The molecule has 100 valence electrons. The van der Waals surface area contributed by atoms with Gasteiger partial charge in [-0.15, -0.1) is 10.2 Å². The average molecular weight is 266 g/mol. The fourth-order valence-corrected chi connectivity index (χ4v) is 1.97. The van der Waals surface area contributed by atoms with Gasteiger partial charge in [-0.3, -0.25) is 0 Å². The van der Waals surface area contributed by atoms with Crippen LogP contribution in [0.25, 0.3) is 11.0 Å². The second-order valence-electron chi connectivity index (χ2n) is 4.46. The van der Waals surface area contributed by atoms with Crippen molar-refractivity contribution in [1.29, 1.82) is 0 Å². The summed E-state index contributed by atoms with van der Waals surface area (Å²) in [6.07, 6.45) is 0. The SMILES string of the molecule is OCc1cccc(CNc2nnc3ccccc3n2)c1. The number of aliphatic hydroxyl groups is 1. The molecule has 0 aliphatic rings. The van der Waals surface area contributed by atoms with Gasteiger partial charge in [-0.25, -0.2) is 4.98 Å². The lowest BCUT2D eigenvalue weighted by Crippen LogP contribution is -2.05. The Labute approximate surface area is 116 Å². The molecular weight excluding hydrogens is 252 g/mol. The molecule has 0 bridgehead atoms. The van der Waals surface area contributed by atoms with Gasteiger partial charge < -0.3 is 10.4 Å². The van der Waals surface area contributed by atoms with E-state index < -0.39 is 0 Å². The maximum Gasteiger partial charge on any atom is 0.243 e. The maximum atomic E-state index is 9.11. The highest BCUT2D eigenvalue weighted by molar-refractivity contribution is 5.74. The van der Waals surface area contributed by atoms with Crippen LogP contribution in [0.4, 0.5) is 5.95 Å². The van der Waals surface area contributed by atoms with Crippen LogP contribution in [0.5, 0.6) is 0 Å². The average Bonchev–Trinajstić information content (AvgIpc) is 2.53. The number of benzene rings is 2. The van der Waals surface area contributed by atoms with Crippen LogP contribution in [0.3, 0.4) is 0 Å². The number of aliphatic hydroxyl groups excluding tert-OH is 1. The molecule has 2 N–H and O–H groups in total. The quantitative estimate of drug-likeness (QED) is 0.757. The molecule has 0 aliphatic heterocycles. The largest absolute Gasteiger partial charge is 0.392 e. The smallest absolute Gasteiger partial charge is 0.243 e. The minimum atomic E-state index is 0.0435. The van der Waals surface area contributed by atoms with Crippen LogP contribution >= 0.6 is 0 Å². The third kappa shape index (κ3) is 2.73. The molecule has 5 heteroatoms. The molecule has 0 saturated carbocycles. The van der Waals surface area contributed by atoms with Crippen LogP contribution < -0.4 is 5.32 Å². The van der Waals surface area contributed by atoms with Crippen molar-refractivity contribution in [2.75, 3.05) is 5.32 Å². The molecule has 0 spiro atoms. The number of hydrogen-bond acceptors (Lipinski definition) is 5. The van der Waals surface area contributed by atoms with Crippen LogP contribution in [-0.2, 0) is 13.2 Å². The molecule has 3 rings (SSSR count). The van der Waals surface area contributed by atoms with Crippen molar-refractivity contribution in [3.05, 3.63) is 59.7 Å². The molecule has 0 atom stereocenters. The van der Waals surface area contributed by atoms with Gasteiger partial charge in [0.2, 0.25) is 5.95 Å². The Morgan fingerprint density at radius 2 is 1.70 bits per heavy atom. The molecule has 0 fully saturated rings. The van der Waals surface area contributed by atoms with Crippen molar-refractivity contribution < 1.29 is 5.11 Å². The highest BCUT2D eigenvalue weighted by atomic mass is 16.3. The monoisotopic (exact) mass is 266 g/mol. The number of nitrogens with one attached hydrogen (secondary N) is 1. The van der Waals surface area contributed by atoms with Gasteiger partial charge in [0.25, 0.3) is 0 Å². The predicted molar refractivity (Wildman–Crippen MR) is 77.0 cm³/mol. The van der Waals surface area contributed by atoms with Crippen molar-refractivity contribution in [2.45, 2.75) is 13.2 Å². The number of para-hydroxylation sites is 1. The zero-order valence-corrected chi connectivity index (χ0v) is 10.8. The summed E-state index contributed by atoms with van der Waals surface area (Å²) >= 11 is 0. The number of rotatable bonds is 4. The van der Waals surface area contributed by atoms with E-state index in [-0.39, 0.29) is 6.61 Å². The minimum Gasteiger partial charge on any atom is -0.392 e. The zero-order chi connectivity index (χ0) is 13.8. The van der Waals surface area contributed by atoms with E-state index in [1.54, 1.807) is 0 Å². The Balaban J connectivity index is 1.76. The standard InChI is InChI=1S/C15H14N4O/c20-10-12-5-3-4-11(8-12)9-16-15-17-13-6-1-2-7-14(13)18-19-15/h1-8,20H,9-10H2,(H,16,17,19). The van der Waals surface area contributed by atoms with Crippen LogP contribution in [0.15, 0.2) is 48.5 Å². The fourth-order valence-electron chi connectivity index (χ4n) is 1.97. The van der Waals surface area contributed by atoms with Gasteiger partial charge in [-0.1, -0.05) is 36.4 Å². The van der Waals surface area contributed by atoms with Crippen molar-refractivity contribution >= 4 is 17.0 Å². The summed E-state index contributed by atoms with van der Waals surface area (Å²) in [7, 11) is 0. The molecule has 20 heavy (non-hydrogen) atoms. The summed E-state index contributed by atoms with van der Waals surface area (Å²) in [5.41, 5.74) is 3.55. The Kier molecular flexibility index (Phi) is 3.52. The van der Waals surface area contributed by atoms with E-state index in [4.69, 9.17) is 5.11 Å². The Bertz CT molecular complexity index is 730. The molecular formula is C15H14N4O. The molecule has 2 aromatic carbocycles. The zero-order valence-electron chi connectivity index (χ0n) is 10.8. The third-order valence-electron chi connectivity index (χ3n) is 2.99. The first-order valence-electron chi connectivity index (χ1n) is 6.37. The molecule has 1 heterocycles. The fraction of sp³-hybridized carbons (Fsp3) is 0.133. The Morgan fingerprint density at radius 1 is 0.900 bits per heavy atom. The molecule has 0 radical (unpaired) electrons. The van der Waals surface area contributed by atoms with Crippen molar-refractivity contribution in [3.63, 3.8) is 0 Å². The van der Waals surface area contributed by atoms with Crippen molar-refractivity contribution in [2.24, 2.45) is 0 Å². The molecule has 1 aromatic heterocycles. The van der Waals surface area contributed by atoms with Gasteiger partial charge in [0.15, 0.2) is 0 Å². The van der Waals surface area contributed by atoms with Crippen LogP contribution in [0.1, 0.15) is 11.1 Å². The first-order chi connectivity index (χ1) is 9.85. The second-order valence-corrected chi connectivity index (χ2v) is 4.46. The van der Waals surface area contributed by atoms with Crippen molar-refractivity contribution in [3.8, 4) is 0 Å². The maximum absolute atomic E-state index is 9.11. The number of anilines is 1. The van der Waals surface area contributed by atoms with E-state index in [1.165, 1.54) is 0 Å². The lowest BCUT2D eigenvalue weighted by molar-refractivity contribution is 0.281. The van der Waals surface area contributed by atoms with Crippen LogP contribution in [-0.4, -0.2) is 20.3 Å². The highest BCUT2D eigenvalue weighted by Crippen LogP contribution is 2.10. The lowest BCUT2D eigenvalue weighted by atomic mass is 10.1. The Hall–Kier alpha value is -2.53. The van der Waals surface area contributed by atoms with E-state index in [1.807, 2.05) is 48.5 Å². The van der Waals surface area contributed by atoms with Crippen LogP contribution in [0, 0.1) is 0 Å². The lowest BCUT2D eigenvalue weighted by Gasteiger charge is -2.06. The van der Waals surface area contributed by atoms with Gasteiger partial charge in [0, 0.05) is 6.54 Å². The highest BCUT2D eigenvalue weighted by Gasteiger charge is 2.01. The molecule has 5 nitrogen and oxygen atoms in total. The summed E-state index contributed by atoms with van der Waals surface area (Å²) in [5, 5.41) is 20.4. The van der Waals surface area contributed by atoms with Crippen LogP contribution in [0.2, 0.25) is 0 Å². The van der Waals surface area contributed by atoms with Gasteiger partial charge >= 0.3 is 0 Å². The van der Waals surface area contributed by atoms with E-state index in [0.29, 0.717) is 12.5 Å². The first-order valence-corrected chi connectivity index (χ1v) is 6.37.